The van der Waals surface area contributed by atoms with Crippen LogP contribution in [0.3, 0.4) is 0 Å². The molecule has 0 saturated heterocycles. The maximum Gasteiger partial charge on any atom is 0.328 e. The highest BCUT2D eigenvalue weighted by Crippen LogP contribution is 2.09. The number of esters is 2. The molecule has 0 aliphatic rings. The zero-order valence-electron chi connectivity index (χ0n) is 15.3. The van der Waals surface area contributed by atoms with Crippen molar-refractivity contribution in [1.29, 1.82) is 0 Å². The summed E-state index contributed by atoms with van der Waals surface area (Å²) in [6, 6.07) is 6.06. The molecule has 1 rings (SSSR count). The second-order valence-electron chi connectivity index (χ2n) is 5.65. The van der Waals surface area contributed by atoms with Gasteiger partial charge in [-0.1, -0.05) is 12.1 Å². The Hall–Kier alpha value is -2.41. The molecule has 0 unspecified atom stereocenters. The molecule has 1 atom stereocenters. The number of amides is 1. The first-order valence-corrected chi connectivity index (χ1v) is 8.84. The molecular weight excluding hydrogens is 338 g/mol. The number of nitrogens with one attached hydrogen (secondary N) is 1. The van der Waals surface area contributed by atoms with Crippen LogP contribution in [0.15, 0.2) is 24.3 Å². The lowest BCUT2D eigenvalue weighted by molar-refractivity contribution is -0.146. The highest BCUT2D eigenvalue weighted by atomic mass is 16.5. The largest absolute Gasteiger partial charge is 0.466 e. The minimum absolute atomic E-state index is 0.00808. The van der Waals surface area contributed by atoms with Gasteiger partial charge in [0.15, 0.2) is 0 Å². The van der Waals surface area contributed by atoms with Gasteiger partial charge in [0.25, 0.3) is 5.91 Å². The molecule has 0 fully saturated rings. The Labute approximate surface area is 153 Å². The summed E-state index contributed by atoms with van der Waals surface area (Å²) >= 11 is 0. The van der Waals surface area contributed by atoms with Gasteiger partial charge in [0, 0.05) is 18.6 Å². The van der Waals surface area contributed by atoms with E-state index in [9.17, 15) is 14.4 Å². The number of aryl methyl sites for hydroxylation is 1. The molecule has 1 amide bonds. The average Bonchev–Trinajstić information content (AvgIpc) is 2.63. The van der Waals surface area contributed by atoms with Crippen LogP contribution in [0.25, 0.3) is 0 Å². The smallest absolute Gasteiger partial charge is 0.328 e. The predicted octanol–water partition coefficient (Wildman–Crippen LogP) is 1.62. The van der Waals surface area contributed by atoms with Crippen LogP contribution in [-0.4, -0.2) is 48.8 Å². The monoisotopic (exact) mass is 365 g/mol. The number of rotatable bonds is 11. The second kappa shape index (κ2) is 12.0. The quantitative estimate of drug-likeness (QED) is 0.578. The number of ether oxygens (including phenoxy) is 2. The van der Waals surface area contributed by atoms with Crippen LogP contribution in [0.2, 0.25) is 0 Å². The van der Waals surface area contributed by atoms with E-state index < -0.39 is 23.9 Å². The number of aliphatic hydroxyl groups is 1. The molecule has 0 radical (unpaired) electrons. The normalized spacial score (nSPS) is 11.5. The van der Waals surface area contributed by atoms with Crippen molar-refractivity contribution in [3.05, 3.63) is 35.4 Å². The number of carbonyl (C=O) groups is 3. The van der Waals surface area contributed by atoms with Gasteiger partial charge in [0.1, 0.15) is 6.04 Å². The molecule has 0 aliphatic heterocycles. The third-order valence-electron chi connectivity index (χ3n) is 3.63. The van der Waals surface area contributed by atoms with E-state index in [1.807, 2.05) is 6.07 Å². The molecule has 7 nitrogen and oxygen atoms in total. The zero-order chi connectivity index (χ0) is 19.4. The molecule has 0 bridgehead atoms. The van der Waals surface area contributed by atoms with Gasteiger partial charge in [-0.2, -0.15) is 0 Å². The summed E-state index contributed by atoms with van der Waals surface area (Å²) in [4.78, 5) is 36.1. The van der Waals surface area contributed by atoms with Crippen molar-refractivity contribution in [3.8, 4) is 0 Å². The van der Waals surface area contributed by atoms with Crippen LogP contribution in [0.1, 0.15) is 49.0 Å². The molecule has 26 heavy (non-hydrogen) atoms. The number of hydrogen-bond acceptors (Lipinski definition) is 6. The minimum atomic E-state index is -0.923. The fraction of sp³-hybridized carbons (Fsp3) is 0.526. The Balaban J connectivity index is 2.77. The molecule has 2 N–H and O–H groups in total. The van der Waals surface area contributed by atoms with Gasteiger partial charge in [-0.25, -0.2) is 4.79 Å². The maximum absolute atomic E-state index is 12.5. The van der Waals surface area contributed by atoms with Crippen LogP contribution in [0.5, 0.6) is 0 Å². The van der Waals surface area contributed by atoms with Crippen LogP contribution in [0, 0.1) is 0 Å². The third kappa shape index (κ3) is 7.65. The minimum Gasteiger partial charge on any atom is -0.466 e. The van der Waals surface area contributed by atoms with Crippen molar-refractivity contribution in [2.24, 2.45) is 0 Å². The van der Waals surface area contributed by atoms with Crippen LogP contribution in [0.4, 0.5) is 0 Å². The zero-order valence-corrected chi connectivity index (χ0v) is 15.3. The molecule has 0 heterocycles. The van der Waals surface area contributed by atoms with Gasteiger partial charge in [-0.05, 0) is 50.8 Å². The molecule has 144 valence electrons. The fourth-order valence-corrected chi connectivity index (χ4v) is 2.38. The fourth-order valence-electron chi connectivity index (χ4n) is 2.38. The molecule has 1 aromatic rings. The Morgan fingerprint density at radius 2 is 1.88 bits per heavy atom. The van der Waals surface area contributed by atoms with E-state index in [1.54, 1.807) is 32.0 Å². The van der Waals surface area contributed by atoms with Gasteiger partial charge < -0.3 is 19.9 Å². The highest BCUT2D eigenvalue weighted by molar-refractivity contribution is 5.97. The first-order chi connectivity index (χ1) is 12.5. The topological polar surface area (TPSA) is 102 Å². The van der Waals surface area contributed by atoms with Crippen molar-refractivity contribution < 1.29 is 29.0 Å². The van der Waals surface area contributed by atoms with Gasteiger partial charge in [-0.15, -0.1) is 0 Å². The van der Waals surface area contributed by atoms with E-state index in [0.717, 1.165) is 5.56 Å². The summed E-state index contributed by atoms with van der Waals surface area (Å²) in [5, 5.41) is 11.5. The SMILES string of the molecule is CCOC(=O)CC[C@H](NC(=O)c1cccc(CCCO)c1)C(=O)OCC. The van der Waals surface area contributed by atoms with E-state index >= 15 is 0 Å². The van der Waals surface area contributed by atoms with Gasteiger partial charge in [0.05, 0.1) is 13.2 Å². The second-order valence-corrected chi connectivity index (χ2v) is 5.65. The molecule has 0 aromatic heterocycles. The van der Waals surface area contributed by atoms with Crippen molar-refractivity contribution in [3.63, 3.8) is 0 Å². The number of benzene rings is 1. The summed E-state index contributed by atoms with van der Waals surface area (Å²) in [7, 11) is 0. The standard InChI is InChI=1S/C19H27NO6/c1-3-25-17(22)11-10-16(19(24)26-4-2)20-18(23)15-9-5-7-14(13-15)8-6-12-21/h5,7,9,13,16,21H,3-4,6,8,10-12H2,1-2H3,(H,20,23)/t16-/m0/s1. The van der Waals surface area contributed by atoms with E-state index in [0.29, 0.717) is 18.4 Å². The van der Waals surface area contributed by atoms with E-state index in [4.69, 9.17) is 14.6 Å². The number of aliphatic hydroxyl groups excluding tert-OH is 1. The van der Waals surface area contributed by atoms with E-state index in [-0.39, 0.29) is 32.7 Å². The molecular formula is C19H27NO6. The van der Waals surface area contributed by atoms with Gasteiger partial charge >= 0.3 is 11.9 Å². The Kier molecular flexibility index (Phi) is 10.0. The summed E-state index contributed by atoms with van der Waals surface area (Å²) in [6.45, 7) is 3.89. The first-order valence-electron chi connectivity index (χ1n) is 8.84. The Morgan fingerprint density at radius 1 is 1.15 bits per heavy atom. The van der Waals surface area contributed by atoms with Gasteiger partial charge in [0.2, 0.25) is 0 Å². The Morgan fingerprint density at radius 3 is 2.54 bits per heavy atom. The molecule has 0 spiro atoms. The predicted molar refractivity (Wildman–Crippen MR) is 95.6 cm³/mol. The average molecular weight is 365 g/mol. The third-order valence-corrected chi connectivity index (χ3v) is 3.63. The molecule has 1 aromatic carbocycles. The lowest BCUT2D eigenvalue weighted by Crippen LogP contribution is -2.42. The molecule has 7 heteroatoms. The van der Waals surface area contributed by atoms with Crippen molar-refractivity contribution in [1.82, 2.24) is 5.32 Å². The van der Waals surface area contributed by atoms with Crippen LogP contribution in [-0.2, 0) is 25.5 Å². The lowest BCUT2D eigenvalue weighted by atomic mass is 10.1. The highest BCUT2D eigenvalue weighted by Gasteiger charge is 2.24. The molecule has 0 saturated carbocycles. The lowest BCUT2D eigenvalue weighted by Gasteiger charge is -2.17. The van der Waals surface area contributed by atoms with Crippen LogP contribution < -0.4 is 5.32 Å². The van der Waals surface area contributed by atoms with E-state index in [1.165, 1.54) is 0 Å². The van der Waals surface area contributed by atoms with Crippen molar-refractivity contribution in [2.45, 2.75) is 45.6 Å². The van der Waals surface area contributed by atoms with Crippen molar-refractivity contribution >= 4 is 17.8 Å². The summed E-state index contributed by atoms with van der Waals surface area (Å²) in [5.41, 5.74) is 1.33. The first kappa shape index (κ1) is 21.6. The van der Waals surface area contributed by atoms with E-state index in [2.05, 4.69) is 5.32 Å². The number of carbonyl (C=O) groups excluding carboxylic acids is 3. The summed E-state index contributed by atoms with van der Waals surface area (Å²) in [5.74, 6) is -1.43. The summed E-state index contributed by atoms with van der Waals surface area (Å²) in [6.07, 6.45) is 1.37. The van der Waals surface area contributed by atoms with Crippen molar-refractivity contribution in [2.75, 3.05) is 19.8 Å². The summed E-state index contributed by atoms with van der Waals surface area (Å²) < 4.78 is 9.83. The molecule has 0 aliphatic carbocycles. The van der Waals surface area contributed by atoms with Crippen LogP contribution >= 0.6 is 0 Å². The maximum atomic E-state index is 12.5. The number of hydrogen-bond donors (Lipinski definition) is 2. The van der Waals surface area contributed by atoms with Gasteiger partial charge in [-0.3, -0.25) is 9.59 Å². The Bertz CT molecular complexity index is 601.